The van der Waals surface area contributed by atoms with Gasteiger partial charge in [0, 0.05) is 18.7 Å². The zero-order chi connectivity index (χ0) is 15.4. The molecule has 2 amide bonds. The number of urea groups is 1. The van der Waals surface area contributed by atoms with E-state index in [2.05, 4.69) is 23.5 Å². The minimum Gasteiger partial charge on any atom is -0.361 e. The lowest BCUT2D eigenvalue weighted by Crippen LogP contribution is -2.42. The van der Waals surface area contributed by atoms with Crippen molar-refractivity contribution in [3.63, 3.8) is 0 Å². The van der Waals surface area contributed by atoms with Crippen LogP contribution in [0.25, 0.3) is 0 Å². The number of aromatic nitrogens is 1. The lowest BCUT2D eigenvalue weighted by molar-refractivity contribution is 0.204. The summed E-state index contributed by atoms with van der Waals surface area (Å²) in [5.74, 6) is 0.773. The second kappa shape index (κ2) is 6.78. The van der Waals surface area contributed by atoms with Crippen LogP contribution in [-0.2, 0) is 6.54 Å². The normalized spacial score (nSPS) is 16.3. The molecule has 0 unspecified atom stereocenters. The van der Waals surface area contributed by atoms with Gasteiger partial charge in [0.15, 0.2) is 0 Å². The summed E-state index contributed by atoms with van der Waals surface area (Å²) in [4.78, 5) is 14.0. The van der Waals surface area contributed by atoms with E-state index in [0.717, 1.165) is 29.9 Å². The van der Waals surface area contributed by atoms with E-state index in [4.69, 9.17) is 4.52 Å². The number of amides is 2. The van der Waals surface area contributed by atoms with Gasteiger partial charge >= 0.3 is 6.03 Å². The lowest BCUT2D eigenvalue weighted by Gasteiger charge is -2.24. The first-order chi connectivity index (χ1) is 9.99. The average Bonchev–Trinajstić information content (AvgIpc) is 2.79. The molecule has 1 aliphatic carbocycles. The third-order valence-electron chi connectivity index (χ3n) is 4.15. The molecule has 21 heavy (non-hydrogen) atoms. The molecule has 1 heterocycles. The summed E-state index contributed by atoms with van der Waals surface area (Å²) in [7, 11) is 1.79. The van der Waals surface area contributed by atoms with Gasteiger partial charge < -0.3 is 14.7 Å². The number of hydrogen-bond acceptors (Lipinski definition) is 3. The molecule has 0 aromatic carbocycles. The molecular weight excluding hydrogens is 266 g/mol. The molecule has 5 heteroatoms. The Morgan fingerprint density at radius 2 is 2.24 bits per heavy atom. The van der Waals surface area contributed by atoms with Gasteiger partial charge in [0.25, 0.3) is 0 Å². The molecule has 1 aromatic rings. The third kappa shape index (κ3) is 3.86. The number of hydrogen-bond donors (Lipinski definition) is 1. The van der Waals surface area contributed by atoms with Crippen LogP contribution in [0.3, 0.4) is 0 Å². The Hall–Kier alpha value is -1.78. The molecule has 0 aliphatic heterocycles. The van der Waals surface area contributed by atoms with E-state index in [1.54, 1.807) is 11.9 Å². The second-order valence-electron chi connectivity index (χ2n) is 5.85. The van der Waals surface area contributed by atoms with Crippen LogP contribution in [0.2, 0.25) is 0 Å². The summed E-state index contributed by atoms with van der Waals surface area (Å²) < 4.78 is 5.13. The lowest BCUT2D eigenvalue weighted by atomic mass is 9.95. The van der Waals surface area contributed by atoms with E-state index < -0.39 is 0 Å². The Kier molecular flexibility index (Phi) is 5.04. The minimum atomic E-state index is -0.0611. The number of carbonyl (C=O) groups excluding carboxylic acids is 1. The van der Waals surface area contributed by atoms with Gasteiger partial charge in [0.05, 0.1) is 12.2 Å². The third-order valence-corrected chi connectivity index (χ3v) is 4.15. The molecule has 1 N–H and O–H groups in total. The van der Waals surface area contributed by atoms with E-state index in [-0.39, 0.29) is 12.1 Å². The largest absolute Gasteiger partial charge is 0.361 e. The molecule has 116 valence electrons. The zero-order valence-electron chi connectivity index (χ0n) is 13.4. The fourth-order valence-corrected chi connectivity index (χ4v) is 2.68. The average molecular weight is 291 g/mol. The Balaban J connectivity index is 1.92. The summed E-state index contributed by atoms with van der Waals surface area (Å²) in [6.45, 7) is 6.33. The number of allylic oxidation sites excluding steroid dienone is 1. The molecule has 1 aliphatic rings. The molecule has 5 nitrogen and oxygen atoms in total. The van der Waals surface area contributed by atoms with Gasteiger partial charge in [-0.15, -0.1) is 0 Å². The van der Waals surface area contributed by atoms with Crippen molar-refractivity contribution in [2.75, 3.05) is 7.05 Å². The van der Waals surface area contributed by atoms with Crippen LogP contribution in [0.4, 0.5) is 4.79 Å². The number of carbonyl (C=O) groups is 1. The van der Waals surface area contributed by atoms with Crippen molar-refractivity contribution in [1.29, 1.82) is 0 Å². The standard InChI is InChI=1S/C16H25N3O2/c1-11(14-8-6-5-7-9-14)17-16(20)19(4)10-15-12(2)18-21-13(15)3/h8,11H,5-7,9-10H2,1-4H3,(H,17,20)/t11-/m1/s1. The fourth-order valence-electron chi connectivity index (χ4n) is 2.68. The summed E-state index contributed by atoms with van der Waals surface area (Å²) in [5, 5.41) is 6.99. The first-order valence-corrected chi connectivity index (χ1v) is 7.61. The SMILES string of the molecule is Cc1noc(C)c1CN(C)C(=O)N[C@H](C)C1=CCCCC1. The number of nitrogens with zero attached hydrogens (tertiary/aromatic N) is 2. The van der Waals surface area contributed by atoms with Gasteiger partial charge in [-0.2, -0.15) is 0 Å². The molecule has 1 atom stereocenters. The fraction of sp³-hybridized carbons (Fsp3) is 0.625. The van der Waals surface area contributed by atoms with Gasteiger partial charge in [-0.25, -0.2) is 4.79 Å². The maximum atomic E-state index is 12.3. The summed E-state index contributed by atoms with van der Waals surface area (Å²) in [6.07, 6.45) is 6.97. The highest BCUT2D eigenvalue weighted by atomic mass is 16.5. The van der Waals surface area contributed by atoms with Crippen LogP contribution in [0.15, 0.2) is 16.2 Å². The summed E-state index contributed by atoms with van der Waals surface area (Å²) in [5.41, 5.74) is 3.17. The molecule has 0 fully saturated rings. The van der Waals surface area contributed by atoms with Crippen LogP contribution in [0.5, 0.6) is 0 Å². The predicted octanol–water partition coefficient (Wildman–Crippen LogP) is 3.32. The van der Waals surface area contributed by atoms with Crippen LogP contribution >= 0.6 is 0 Å². The highest BCUT2D eigenvalue weighted by Crippen LogP contribution is 2.20. The molecule has 0 radical (unpaired) electrons. The Morgan fingerprint density at radius 3 is 2.81 bits per heavy atom. The van der Waals surface area contributed by atoms with Crippen molar-refractivity contribution >= 4 is 6.03 Å². The van der Waals surface area contributed by atoms with E-state index in [1.807, 2.05) is 13.8 Å². The summed E-state index contributed by atoms with van der Waals surface area (Å²) in [6, 6.07) is 0.0406. The summed E-state index contributed by atoms with van der Waals surface area (Å²) >= 11 is 0. The quantitative estimate of drug-likeness (QED) is 0.866. The van der Waals surface area contributed by atoms with Crippen LogP contribution in [0.1, 0.15) is 49.6 Å². The van der Waals surface area contributed by atoms with Gasteiger partial charge in [-0.3, -0.25) is 0 Å². The Bertz CT molecular complexity index is 514. The number of aryl methyl sites for hydroxylation is 2. The maximum Gasteiger partial charge on any atom is 0.317 e. The molecule has 2 rings (SSSR count). The Labute approximate surface area is 126 Å². The maximum absolute atomic E-state index is 12.3. The van der Waals surface area contributed by atoms with Crippen molar-refractivity contribution in [3.05, 3.63) is 28.7 Å². The first-order valence-electron chi connectivity index (χ1n) is 7.61. The number of rotatable bonds is 4. The van der Waals surface area contributed by atoms with E-state index >= 15 is 0 Å². The van der Waals surface area contributed by atoms with Crippen molar-refractivity contribution in [1.82, 2.24) is 15.4 Å². The topological polar surface area (TPSA) is 58.4 Å². The van der Waals surface area contributed by atoms with Crippen molar-refractivity contribution in [3.8, 4) is 0 Å². The highest BCUT2D eigenvalue weighted by Gasteiger charge is 2.18. The van der Waals surface area contributed by atoms with Crippen LogP contribution < -0.4 is 5.32 Å². The van der Waals surface area contributed by atoms with E-state index in [0.29, 0.717) is 6.54 Å². The van der Waals surface area contributed by atoms with Gasteiger partial charge in [0.1, 0.15) is 5.76 Å². The second-order valence-corrected chi connectivity index (χ2v) is 5.85. The van der Waals surface area contributed by atoms with Crippen molar-refractivity contribution in [2.24, 2.45) is 0 Å². The first kappa shape index (κ1) is 15.6. The smallest absolute Gasteiger partial charge is 0.317 e. The monoisotopic (exact) mass is 291 g/mol. The number of nitrogens with one attached hydrogen (secondary N) is 1. The van der Waals surface area contributed by atoms with E-state index in [1.165, 1.54) is 18.4 Å². The van der Waals surface area contributed by atoms with Crippen LogP contribution in [-0.4, -0.2) is 29.2 Å². The Morgan fingerprint density at radius 1 is 1.48 bits per heavy atom. The van der Waals surface area contributed by atoms with Gasteiger partial charge in [0.2, 0.25) is 0 Å². The zero-order valence-corrected chi connectivity index (χ0v) is 13.4. The molecule has 0 bridgehead atoms. The molecule has 0 spiro atoms. The van der Waals surface area contributed by atoms with E-state index in [9.17, 15) is 4.79 Å². The highest BCUT2D eigenvalue weighted by molar-refractivity contribution is 5.74. The molecule has 0 saturated heterocycles. The minimum absolute atomic E-state index is 0.0611. The van der Waals surface area contributed by atoms with Gasteiger partial charge in [-0.1, -0.05) is 16.8 Å². The molecule has 0 saturated carbocycles. The molecular formula is C16H25N3O2. The predicted molar refractivity (Wildman–Crippen MR) is 82.0 cm³/mol. The van der Waals surface area contributed by atoms with Crippen LogP contribution in [0, 0.1) is 13.8 Å². The van der Waals surface area contributed by atoms with Crippen molar-refractivity contribution < 1.29 is 9.32 Å². The van der Waals surface area contributed by atoms with Gasteiger partial charge in [-0.05, 0) is 46.5 Å². The van der Waals surface area contributed by atoms with Crippen molar-refractivity contribution in [2.45, 2.75) is 59.0 Å². The molecule has 1 aromatic heterocycles.